The summed E-state index contributed by atoms with van der Waals surface area (Å²) in [6, 6.07) is 5.91. The van der Waals surface area contributed by atoms with Crippen LogP contribution in [0, 0.1) is 0 Å². The Morgan fingerprint density at radius 1 is 1.35 bits per heavy atom. The molecule has 0 spiro atoms. The number of aromatic amines is 1. The van der Waals surface area contributed by atoms with Crippen LogP contribution in [-0.2, 0) is 9.53 Å². The van der Waals surface area contributed by atoms with Crippen molar-refractivity contribution >= 4 is 35.4 Å². The summed E-state index contributed by atoms with van der Waals surface area (Å²) in [6.45, 7) is 1.96. The lowest BCUT2D eigenvalue weighted by molar-refractivity contribution is -0.139. The number of hydrogen-bond donors (Lipinski definition) is 3. The Kier molecular flexibility index (Phi) is 5.79. The zero-order chi connectivity index (χ0) is 18.5. The number of nitrogens with one attached hydrogen (secondary N) is 3. The van der Waals surface area contributed by atoms with Crippen LogP contribution in [0.2, 0.25) is 5.02 Å². The van der Waals surface area contributed by atoms with Crippen molar-refractivity contribution in [1.29, 1.82) is 0 Å². The average molecular weight is 394 g/mol. The van der Waals surface area contributed by atoms with Crippen molar-refractivity contribution in [3.8, 4) is 0 Å². The molecule has 1 aliphatic rings. The van der Waals surface area contributed by atoms with E-state index in [1.165, 1.54) is 18.1 Å². The number of rotatable bonds is 6. The maximum atomic E-state index is 12.6. The van der Waals surface area contributed by atoms with Crippen LogP contribution in [0.25, 0.3) is 0 Å². The Morgan fingerprint density at radius 3 is 2.77 bits per heavy atom. The molecule has 0 bridgehead atoms. The Hall–Kier alpha value is -2.52. The van der Waals surface area contributed by atoms with Gasteiger partial charge in [0.15, 0.2) is 5.16 Å². The van der Waals surface area contributed by atoms with Gasteiger partial charge in [-0.2, -0.15) is 5.10 Å². The number of benzene rings is 1. The van der Waals surface area contributed by atoms with Crippen LogP contribution >= 0.6 is 23.4 Å². The van der Waals surface area contributed by atoms with E-state index in [0.29, 0.717) is 27.2 Å². The van der Waals surface area contributed by atoms with Gasteiger partial charge < -0.3 is 15.4 Å². The highest BCUT2D eigenvalue weighted by molar-refractivity contribution is 7.99. The van der Waals surface area contributed by atoms with E-state index in [4.69, 9.17) is 16.3 Å². The number of urea groups is 1. The number of nitrogens with zero attached hydrogens (tertiary/aromatic N) is 2. The zero-order valence-electron chi connectivity index (χ0n) is 13.8. The van der Waals surface area contributed by atoms with Crippen molar-refractivity contribution in [1.82, 2.24) is 25.8 Å². The van der Waals surface area contributed by atoms with Crippen LogP contribution in [0.1, 0.15) is 18.5 Å². The van der Waals surface area contributed by atoms with Gasteiger partial charge >= 0.3 is 12.0 Å². The lowest BCUT2D eigenvalue weighted by atomic mass is 9.95. The minimum absolute atomic E-state index is 0.228. The lowest BCUT2D eigenvalue weighted by Gasteiger charge is -2.29. The van der Waals surface area contributed by atoms with Crippen LogP contribution in [0.15, 0.2) is 47.0 Å². The Bertz CT molecular complexity index is 823. The Labute approximate surface area is 158 Å². The van der Waals surface area contributed by atoms with E-state index < -0.39 is 18.0 Å². The number of carbonyl (C=O) groups is 2. The molecule has 1 aromatic carbocycles. The first-order valence-electron chi connectivity index (χ1n) is 7.79. The summed E-state index contributed by atoms with van der Waals surface area (Å²) >= 11 is 7.26. The number of thioether (sulfide) groups is 1. The molecule has 1 aliphatic heterocycles. The molecule has 136 valence electrons. The third kappa shape index (κ3) is 4.17. The van der Waals surface area contributed by atoms with Crippen molar-refractivity contribution < 1.29 is 14.3 Å². The molecule has 3 N–H and O–H groups in total. The van der Waals surface area contributed by atoms with E-state index in [1.807, 2.05) is 0 Å². The van der Waals surface area contributed by atoms with E-state index >= 15 is 0 Å². The molecule has 2 amide bonds. The largest absolute Gasteiger partial charge is 0.463 e. The van der Waals surface area contributed by atoms with Gasteiger partial charge in [0.2, 0.25) is 0 Å². The van der Waals surface area contributed by atoms with Crippen LogP contribution in [0.3, 0.4) is 0 Å². The molecule has 2 aromatic rings. The summed E-state index contributed by atoms with van der Waals surface area (Å²) in [6.07, 6.45) is 1.39. The van der Waals surface area contributed by atoms with E-state index in [1.54, 1.807) is 31.2 Å². The summed E-state index contributed by atoms with van der Waals surface area (Å²) < 4.78 is 5.20. The molecule has 8 nitrogen and oxygen atoms in total. The minimum atomic E-state index is -0.634. The summed E-state index contributed by atoms with van der Waals surface area (Å²) in [7, 11) is 0. The first-order chi connectivity index (χ1) is 12.6. The third-order valence-corrected chi connectivity index (χ3v) is 4.75. The van der Waals surface area contributed by atoms with Crippen LogP contribution in [0.5, 0.6) is 0 Å². The van der Waals surface area contributed by atoms with Gasteiger partial charge in [-0.1, -0.05) is 35.5 Å². The predicted octanol–water partition coefficient (Wildman–Crippen LogP) is 2.42. The molecular formula is C16H16ClN5O3S. The number of H-pyrrole nitrogens is 1. The molecule has 0 unspecified atom stereocenters. The predicted molar refractivity (Wildman–Crippen MR) is 96.6 cm³/mol. The smallest absolute Gasteiger partial charge is 0.338 e. The second-order valence-corrected chi connectivity index (χ2v) is 6.68. The van der Waals surface area contributed by atoms with Gasteiger partial charge in [-0.3, -0.25) is 5.10 Å². The molecule has 0 radical (unpaired) electrons. The van der Waals surface area contributed by atoms with Gasteiger partial charge in [-0.15, -0.1) is 0 Å². The topological polar surface area (TPSA) is 109 Å². The second kappa shape index (κ2) is 8.24. The molecule has 26 heavy (non-hydrogen) atoms. The third-order valence-electron chi connectivity index (χ3n) is 3.60. The van der Waals surface area contributed by atoms with Gasteiger partial charge in [0, 0.05) is 16.5 Å². The Balaban J connectivity index is 1.96. The molecule has 1 aromatic heterocycles. The van der Waals surface area contributed by atoms with Crippen molar-refractivity contribution in [3.05, 3.63) is 52.4 Å². The number of aromatic nitrogens is 3. The SMILES string of the molecule is CCOC(=O)C1=C(CSc2ncn[nH]2)NC(=O)N[C@@H]1c1ccc(Cl)cc1. The van der Waals surface area contributed by atoms with Crippen molar-refractivity contribution in [2.45, 2.75) is 18.1 Å². The number of halogens is 1. The highest BCUT2D eigenvalue weighted by Gasteiger charge is 2.33. The first kappa shape index (κ1) is 18.3. The van der Waals surface area contributed by atoms with Gasteiger partial charge in [0.1, 0.15) is 6.33 Å². The van der Waals surface area contributed by atoms with E-state index in [2.05, 4.69) is 25.8 Å². The zero-order valence-corrected chi connectivity index (χ0v) is 15.4. The quantitative estimate of drug-likeness (QED) is 0.513. The molecule has 2 heterocycles. The molecule has 0 saturated heterocycles. The van der Waals surface area contributed by atoms with Gasteiger partial charge in [0.05, 0.1) is 18.2 Å². The molecule has 3 rings (SSSR count). The molecule has 0 saturated carbocycles. The number of esters is 1. The standard InChI is InChI=1S/C16H16ClN5O3S/c1-2-25-14(23)12-11(7-26-16-18-8-19-22-16)20-15(24)21-13(12)9-3-5-10(17)6-4-9/h3-6,8,13H,2,7H2,1H3,(H,18,19,22)(H2,20,21,24)/t13-/m1/s1. The molecule has 0 fully saturated rings. The molecule has 1 atom stereocenters. The van der Waals surface area contributed by atoms with Gasteiger partial charge in [-0.25, -0.2) is 14.6 Å². The summed E-state index contributed by atoms with van der Waals surface area (Å²) in [4.78, 5) is 28.7. The fraction of sp³-hybridized carbons (Fsp3) is 0.250. The highest BCUT2D eigenvalue weighted by Crippen LogP contribution is 2.30. The summed E-state index contributed by atoms with van der Waals surface area (Å²) in [5, 5.41) is 13.1. The number of ether oxygens (including phenoxy) is 1. The normalized spacial score (nSPS) is 16.8. The maximum absolute atomic E-state index is 12.6. The van der Waals surface area contributed by atoms with Crippen LogP contribution in [0.4, 0.5) is 4.79 Å². The van der Waals surface area contributed by atoms with Crippen LogP contribution in [-0.4, -0.2) is 39.5 Å². The molecular weight excluding hydrogens is 378 g/mol. The van der Waals surface area contributed by atoms with Gasteiger partial charge in [0.25, 0.3) is 0 Å². The minimum Gasteiger partial charge on any atom is -0.463 e. The lowest BCUT2D eigenvalue weighted by Crippen LogP contribution is -2.46. The monoisotopic (exact) mass is 393 g/mol. The van der Waals surface area contributed by atoms with Crippen molar-refractivity contribution in [2.24, 2.45) is 0 Å². The average Bonchev–Trinajstić information content (AvgIpc) is 3.13. The second-order valence-electron chi connectivity index (χ2n) is 5.28. The van der Waals surface area contributed by atoms with Crippen molar-refractivity contribution in [3.63, 3.8) is 0 Å². The molecule has 10 heteroatoms. The number of amides is 2. The molecule has 0 aliphatic carbocycles. The maximum Gasteiger partial charge on any atom is 0.338 e. The van der Waals surface area contributed by atoms with E-state index in [-0.39, 0.29) is 6.61 Å². The summed E-state index contributed by atoms with van der Waals surface area (Å²) in [5.41, 5.74) is 1.55. The van der Waals surface area contributed by atoms with Crippen molar-refractivity contribution in [2.75, 3.05) is 12.4 Å². The van der Waals surface area contributed by atoms with E-state index in [9.17, 15) is 9.59 Å². The fourth-order valence-corrected chi connectivity index (χ4v) is 3.36. The highest BCUT2D eigenvalue weighted by atomic mass is 35.5. The summed E-state index contributed by atoms with van der Waals surface area (Å²) in [5.74, 6) is -0.172. The van der Waals surface area contributed by atoms with E-state index in [0.717, 1.165) is 5.56 Å². The first-order valence-corrected chi connectivity index (χ1v) is 9.16. The van der Waals surface area contributed by atoms with Gasteiger partial charge in [-0.05, 0) is 24.6 Å². The fourth-order valence-electron chi connectivity index (χ4n) is 2.49. The van der Waals surface area contributed by atoms with Crippen LogP contribution < -0.4 is 10.6 Å². The number of hydrogen-bond acceptors (Lipinski definition) is 6. The Morgan fingerprint density at radius 2 is 2.12 bits per heavy atom. The number of carbonyl (C=O) groups excluding carboxylic acids is 2.